The Morgan fingerprint density at radius 1 is 0.947 bits per heavy atom. The fraction of sp³-hybridized carbons (Fsp3) is 0.0769. The lowest BCUT2D eigenvalue weighted by Gasteiger charge is -2.10. The van der Waals surface area contributed by atoms with Gasteiger partial charge in [-0.15, -0.1) is 0 Å². The molecule has 0 aliphatic rings. The first kappa shape index (κ1) is 14.6. The normalized spacial score (nSPS) is 11.3. The number of hydrogen-bond donors (Lipinski definition) is 1. The molecule has 2 rings (SSSR count). The van der Waals surface area contributed by atoms with Crippen molar-refractivity contribution >= 4 is 47.6 Å². The van der Waals surface area contributed by atoms with Gasteiger partial charge < -0.3 is 0 Å². The molecule has 0 radical (unpaired) electrons. The van der Waals surface area contributed by atoms with Gasteiger partial charge in [0.1, 0.15) is 0 Å². The third-order valence-electron chi connectivity index (χ3n) is 2.54. The molecule has 0 saturated heterocycles. The van der Waals surface area contributed by atoms with Crippen LogP contribution in [0.3, 0.4) is 0 Å². The Bertz CT molecular complexity index is 697. The maximum atomic E-state index is 12.3. The van der Waals surface area contributed by atoms with Gasteiger partial charge in [0.25, 0.3) is 10.0 Å². The Balaban J connectivity index is 2.37. The molecule has 2 aromatic rings. The van der Waals surface area contributed by atoms with Crippen LogP contribution in [0.25, 0.3) is 0 Å². The Morgan fingerprint density at radius 3 is 2.16 bits per heavy atom. The maximum Gasteiger partial charge on any atom is 0.262 e. The molecule has 19 heavy (non-hydrogen) atoms. The summed E-state index contributed by atoms with van der Waals surface area (Å²) in [6.07, 6.45) is 0. The molecule has 0 spiro atoms. The Morgan fingerprint density at radius 2 is 1.53 bits per heavy atom. The van der Waals surface area contributed by atoms with E-state index in [4.69, 9.17) is 0 Å². The second kappa shape index (κ2) is 5.64. The number of aryl methyl sites for hydroxylation is 1. The smallest absolute Gasteiger partial charge is 0.262 e. The van der Waals surface area contributed by atoms with Crippen molar-refractivity contribution < 1.29 is 8.42 Å². The van der Waals surface area contributed by atoms with Gasteiger partial charge in [0, 0.05) is 14.6 Å². The molecule has 0 bridgehead atoms. The average molecular weight is 405 g/mol. The minimum absolute atomic E-state index is 0.268. The van der Waals surface area contributed by atoms with E-state index in [1.807, 2.05) is 6.07 Å². The quantitative estimate of drug-likeness (QED) is 0.827. The molecule has 0 aliphatic carbocycles. The summed E-state index contributed by atoms with van der Waals surface area (Å²) >= 11 is 6.59. The predicted octanol–water partition coefficient (Wildman–Crippen LogP) is 4.32. The first-order valence-electron chi connectivity index (χ1n) is 5.43. The highest BCUT2D eigenvalue weighted by atomic mass is 79.9. The second-order valence-corrected chi connectivity index (χ2v) is 7.50. The molecule has 0 heterocycles. The van der Waals surface area contributed by atoms with Crippen LogP contribution in [-0.2, 0) is 10.0 Å². The van der Waals surface area contributed by atoms with Crippen LogP contribution in [0.15, 0.2) is 56.3 Å². The van der Waals surface area contributed by atoms with Crippen molar-refractivity contribution in [1.82, 2.24) is 0 Å². The highest BCUT2D eigenvalue weighted by Crippen LogP contribution is 2.23. The maximum absolute atomic E-state index is 12.3. The summed E-state index contributed by atoms with van der Waals surface area (Å²) in [6.45, 7) is 1.77. The fourth-order valence-corrected chi connectivity index (χ4v) is 3.70. The van der Waals surface area contributed by atoms with Crippen LogP contribution >= 0.6 is 31.9 Å². The van der Waals surface area contributed by atoms with Crippen LogP contribution in [0.4, 0.5) is 5.69 Å². The third-order valence-corrected chi connectivity index (χ3v) is 5.08. The number of anilines is 1. The summed E-state index contributed by atoms with van der Waals surface area (Å²) in [4.78, 5) is 0.268. The first-order valence-corrected chi connectivity index (χ1v) is 8.50. The summed E-state index contributed by atoms with van der Waals surface area (Å²) in [5.41, 5.74) is 1.23. The summed E-state index contributed by atoms with van der Waals surface area (Å²) < 4.78 is 28.8. The lowest BCUT2D eigenvalue weighted by molar-refractivity contribution is 0.600. The van der Waals surface area contributed by atoms with Crippen molar-refractivity contribution in [2.24, 2.45) is 0 Å². The van der Waals surface area contributed by atoms with Crippen LogP contribution in [0.2, 0.25) is 0 Å². The highest BCUT2D eigenvalue weighted by Gasteiger charge is 2.17. The largest absolute Gasteiger partial charge is 0.280 e. The molecule has 0 fully saturated rings. The van der Waals surface area contributed by atoms with Crippen molar-refractivity contribution in [2.75, 3.05) is 4.72 Å². The highest BCUT2D eigenvalue weighted by molar-refractivity contribution is 9.10. The topological polar surface area (TPSA) is 46.2 Å². The number of nitrogens with one attached hydrogen (secondary N) is 1. The Labute approximate surface area is 129 Å². The van der Waals surface area contributed by atoms with Gasteiger partial charge in [-0.2, -0.15) is 0 Å². The van der Waals surface area contributed by atoms with Crippen molar-refractivity contribution in [3.63, 3.8) is 0 Å². The molecule has 6 heteroatoms. The lowest BCUT2D eigenvalue weighted by Crippen LogP contribution is -2.14. The summed E-state index contributed by atoms with van der Waals surface area (Å²) in [5.74, 6) is 0. The molecular weight excluding hydrogens is 394 g/mol. The zero-order chi connectivity index (χ0) is 14.0. The third kappa shape index (κ3) is 3.58. The molecule has 0 aromatic heterocycles. The minimum atomic E-state index is -3.57. The molecule has 1 N–H and O–H groups in total. The number of sulfonamides is 1. The summed E-state index contributed by atoms with van der Waals surface area (Å²) in [7, 11) is -3.57. The molecule has 0 atom stereocenters. The SMILES string of the molecule is Cc1ccc(Br)cc1S(=O)(=O)Nc1ccc(Br)cc1. The van der Waals surface area contributed by atoms with E-state index < -0.39 is 10.0 Å². The van der Waals surface area contributed by atoms with E-state index in [9.17, 15) is 8.42 Å². The van der Waals surface area contributed by atoms with E-state index in [-0.39, 0.29) is 4.90 Å². The molecule has 0 saturated carbocycles. The van der Waals surface area contributed by atoms with E-state index in [2.05, 4.69) is 36.6 Å². The van der Waals surface area contributed by atoms with Crippen LogP contribution in [0.5, 0.6) is 0 Å². The van der Waals surface area contributed by atoms with Gasteiger partial charge in [-0.25, -0.2) is 8.42 Å². The Kier molecular flexibility index (Phi) is 4.32. The Hall–Kier alpha value is -0.850. The van der Waals surface area contributed by atoms with Crippen molar-refractivity contribution in [3.8, 4) is 0 Å². The molecule has 100 valence electrons. The van der Waals surface area contributed by atoms with Gasteiger partial charge in [0.05, 0.1) is 4.90 Å². The summed E-state index contributed by atoms with van der Waals surface area (Å²) in [5, 5.41) is 0. The van der Waals surface area contributed by atoms with Gasteiger partial charge in [0.15, 0.2) is 0 Å². The van der Waals surface area contributed by atoms with Gasteiger partial charge in [0.2, 0.25) is 0 Å². The van der Waals surface area contributed by atoms with Crippen LogP contribution < -0.4 is 4.72 Å². The fourth-order valence-electron chi connectivity index (χ4n) is 1.59. The van der Waals surface area contributed by atoms with Gasteiger partial charge >= 0.3 is 0 Å². The number of benzene rings is 2. The number of hydrogen-bond acceptors (Lipinski definition) is 2. The molecule has 0 amide bonds. The first-order chi connectivity index (χ1) is 8.88. The van der Waals surface area contributed by atoms with E-state index >= 15 is 0 Å². The van der Waals surface area contributed by atoms with Gasteiger partial charge in [-0.05, 0) is 48.9 Å². The average Bonchev–Trinajstić information content (AvgIpc) is 2.35. The van der Waals surface area contributed by atoms with Crippen LogP contribution in [-0.4, -0.2) is 8.42 Å². The van der Waals surface area contributed by atoms with Crippen LogP contribution in [0, 0.1) is 6.92 Å². The van der Waals surface area contributed by atoms with Gasteiger partial charge in [-0.1, -0.05) is 37.9 Å². The summed E-state index contributed by atoms with van der Waals surface area (Å²) in [6, 6.07) is 12.1. The molecule has 2 aromatic carbocycles. The van der Waals surface area contributed by atoms with Crippen molar-refractivity contribution in [3.05, 3.63) is 57.0 Å². The van der Waals surface area contributed by atoms with Crippen molar-refractivity contribution in [2.45, 2.75) is 11.8 Å². The molecule has 0 unspecified atom stereocenters. The molecular formula is C13H11Br2NO2S. The van der Waals surface area contributed by atoms with E-state index in [0.29, 0.717) is 11.3 Å². The van der Waals surface area contributed by atoms with E-state index in [1.54, 1.807) is 43.3 Å². The number of halogens is 2. The zero-order valence-corrected chi connectivity index (χ0v) is 14.0. The van der Waals surface area contributed by atoms with Gasteiger partial charge in [-0.3, -0.25) is 4.72 Å². The predicted molar refractivity (Wildman–Crippen MR) is 83.8 cm³/mol. The monoisotopic (exact) mass is 403 g/mol. The van der Waals surface area contributed by atoms with Crippen molar-refractivity contribution in [1.29, 1.82) is 0 Å². The second-order valence-electron chi connectivity index (χ2n) is 4.02. The molecule has 3 nitrogen and oxygen atoms in total. The zero-order valence-electron chi connectivity index (χ0n) is 10.0. The van der Waals surface area contributed by atoms with Crippen LogP contribution in [0.1, 0.15) is 5.56 Å². The van der Waals surface area contributed by atoms with E-state index in [1.165, 1.54) is 0 Å². The standard InChI is InChI=1S/C13H11Br2NO2S/c1-9-2-3-11(15)8-13(9)19(17,18)16-12-6-4-10(14)5-7-12/h2-8,16H,1H3. The lowest BCUT2D eigenvalue weighted by atomic mass is 10.2. The van der Waals surface area contributed by atoms with E-state index in [0.717, 1.165) is 8.95 Å². The molecule has 0 aliphatic heterocycles. The minimum Gasteiger partial charge on any atom is -0.280 e. The number of rotatable bonds is 3.